The van der Waals surface area contributed by atoms with Crippen molar-refractivity contribution in [1.29, 1.82) is 0 Å². The predicted octanol–water partition coefficient (Wildman–Crippen LogP) is 2.92. The number of amides is 2. The molecule has 0 saturated heterocycles. The van der Waals surface area contributed by atoms with Crippen LogP contribution in [-0.4, -0.2) is 38.6 Å². The molecule has 0 radical (unpaired) electrons. The van der Waals surface area contributed by atoms with Crippen molar-refractivity contribution in [2.45, 2.75) is 26.7 Å². The van der Waals surface area contributed by atoms with Crippen molar-refractivity contribution >= 4 is 34.1 Å². The molecule has 0 aliphatic rings. The van der Waals surface area contributed by atoms with E-state index in [9.17, 15) is 14.4 Å². The Morgan fingerprint density at radius 3 is 2.41 bits per heavy atom. The van der Waals surface area contributed by atoms with Gasteiger partial charge in [0.05, 0.1) is 31.3 Å². The van der Waals surface area contributed by atoms with Gasteiger partial charge in [-0.3, -0.25) is 9.59 Å². The third-order valence-corrected chi connectivity index (χ3v) is 5.41. The van der Waals surface area contributed by atoms with Crippen LogP contribution in [0.5, 0.6) is 11.5 Å². The van der Waals surface area contributed by atoms with E-state index in [1.807, 2.05) is 6.07 Å². The van der Waals surface area contributed by atoms with E-state index in [-0.39, 0.29) is 34.4 Å². The summed E-state index contributed by atoms with van der Waals surface area (Å²) in [6.45, 7) is 3.45. The summed E-state index contributed by atoms with van der Waals surface area (Å²) in [6, 6.07) is 5.42. The fourth-order valence-electron chi connectivity index (χ4n) is 2.77. The molecule has 156 valence electrons. The first-order chi connectivity index (χ1) is 13.8. The van der Waals surface area contributed by atoms with Crippen LogP contribution < -0.4 is 20.5 Å². The first kappa shape index (κ1) is 22.2. The zero-order chi connectivity index (χ0) is 21.6. The minimum Gasteiger partial charge on any atom is -0.493 e. The molecule has 0 bridgehead atoms. The molecule has 3 N–H and O–H groups in total. The van der Waals surface area contributed by atoms with Crippen LogP contribution in [0.3, 0.4) is 0 Å². The lowest BCUT2D eigenvalue weighted by atomic mass is 10.1. The standard InChI is InChI=1S/C20H24N2O6S/c1-5-28-20(25)16-11(2)17(18(21)24)29-19(16)22-15(23)9-7-12-6-8-13(26-3)14(10-12)27-4/h6,8,10H,5,7,9H2,1-4H3,(H2,21,24)(H,22,23). The number of aryl methyl sites for hydroxylation is 1. The number of benzene rings is 1. The molecule has 1 aromatic carbocycles. The number of thiophene rings is 1. The molecule has 0 unspecified atom stereocenters. The number of carbonyl (C=O) groups excluding carboxylic acids is 3. The maximum atomic E-state index is 12.5. The van der Waals surface area contributed by atoms with E-state index in [1.165, 1.54) is 0 Å². The average Bonchev–Trinajstić information content (AvgIpc) is 3.02. The number of nitrogens with two attached hydrogens (primary N) is 1. The lowest BCUT2D eigenvalue weighted by Crippen LogP contribution is -2.15. The van der Waals surface area contributed by atoms with E-state index in [0.29, 0.717) is 23.5 Å². The molecule has 1 heterocycles. The number of methoxy groups -OCH3 is 2. The molecule has 0 aliphatic carbocycles. The Balaban J connectivity index is 2.15. The molecule has 0 fully saturated rings. The summed E-state index contributed by atoms with van der Waals surface area (Å²) in [7, 11) is 3.09. The summed E-state index contributed by atoms with van der Waals surface area (Å²) < 4.78 is 15.5. The molecule has 9 heteroatoms. The van der Waals surface area contributed by atoms with E-state index >= 15 is 0 Å². The van der Waals surface area contributed by atoms with Crippen LogP contribution >= 0.6 is 11.3 Å². The zero-order valence-corrected chi connectivity index (χ0v) is 17.6. The SMILES string of the molecule is CCOC(=O)c1c(NC(=O)CCc2ccc(OC)c(OC)c2)sc(C(N)=O)c1C. The highest BCUT2D eigenvalue weighted by molar-refractivity contribution is 7.18. The van der Waals surface area contributed by atoms with Gasteiger partial charge in [-0.25, -0.2) is 4.79 Å². The minimum atomic E-state index is -0.663. The molecule has 8 nitrogen and oxygen atoms in total. The largest absolute Gasteiger partial charge is 0.493 e. The average molecular weight is 420 g/mol. The van der Waals surface area contributed by atoms with Crippen LogP contribution in [0, 0.1) is 6.92 Å². The van der Waals surface area contributed by atoms with E-state index in [2.05, 4.69) is 5.32 Å². The number of carbonyl (C=O) groups is 3. The molecular formula is C20H24N2O6S. The van der Waals surface area contributed by atoms with Crippen LogP contribution in [0.4, 0.5) is 5.00 Å². The van der Waals surface area contributed by atoms with E-state index < -0.39 is 11.9 Å². The fraction of sp³-hybridized carbons (Fsp3) is 0.350. The summed E-state index contributed by atoms with van der Waals surface area (Å²) in [5.74, 6) is -0.391. The third-order valence-electron chi connectivity index (χ3n) is 4.19. The molecule has 2 aromatic rings. The molecule has 29 heavy (non-hydrogen) atoms. The minimum absolute atomic E-state index is 0.158. The Kier molecular flexibility index (Phi) is 7.60. The molecule has 0 atom stereocenters. The second kappa shape index (κ2) is 9.92. The van der Waals surface area contributed by atoms with Crippen molar-refractivity contribution in [3.05, 3.63) is 39.8 Å². The number of hydrogen-bond donors (Lipinski definition) is 2. The number of anilines is 1. The summed E-state index contributed by atoms with van der Waals surface area (Å²) in [5, 5.41) is 2.96. The Morgan fingerprint density at radius 2 is 1.83 bits per heavy atom. The summed E-state index contributed by atoms with van der Waals surface area (Å²) in [4.78, 5) is 36.6. The third kappa shape index (κ3) is 5.26. The Bertz CT molecular complexity index is 922. The fourth-order valence-corrected chi connectivity index (χ4v) is 3.83. The van der Waals surface area contributed by atoms with Crippen LogP contribution in [-0.2, 0) is 16.0 Å². The molecule has 1 aromatic heterocycles. The molecule has 2 rings (SSSR count). The first-order valence-corrected chi connectivity index (χ1v) is 9.75. The number of primary amides is 1. The predicted molar refractivity (Wildman–Crippen MR) is 110 cm³/mol. The van der Waals surface area contributed by atoms with Gasteiger partial charge in [0.1, 0.15) is 5.00 Å². The van der Waals surface area contributed by atoms with Crippen molar-refractivity contribution in [2.75, 3.05) is 26.1 Å². The van der Waals surface area contributed by atoms with Gasteiger partial charge in [-0.05, 0) is 43.5 Å². The highest BCUT2D eigenvalue weighted by Crippen LogP contribution is 2.34. The maximum Gasteiger partial charge on any atom is 0.341 e. The smallest absolute Gasteiger partial charge is 0.341 e. The normalized spacial score (nSPS) is 10.3. The first-order valence-electron chi connectivity index (χ1n) is 8.93. The van der Waals surface area contributed by atoms with Crippen molar-refractivity contribution in [3.8, 4) is 11.5 Å². The topological polar surface area (TPSA) is 117 Å². The van der Waals surface area contributed by atoms with Gasteiger partial charge < -0.3 is 25.3 Å². The monoisotopic (exact) mass is 420 g/mol. The molecular weight excluding hydrogens is 396 g/mol. The number of nitrogens with one attached hydrogen (secondary N) is 1. The lowest BCUT2D eigenvalue weighted by molar-refractivity contribution is -0.116. The number of hydrogen-bond acceptors (Lipinski definition) is 7. The second-order valence-electron chi connectivity index (χ2n) is 6.08. The van der Waals surface area contributed by atoms with Crippen molar-refractivity contribution in [1.82, 2.24) is 0 Å². The van der Waals surface area contributed by atoms with E-state index in [1.54, 1.807) is 40.2 Å². The van der Waals surface area contributed by atoms with E-state index in [4.69, 9.17) is 19.9 Å². The lowest BCUT2D eigenvalue weighted by Gasteiger charge is -2.10. The Hall–Kier alpha value is -3.07. The Labute approximate surface area is 172 Å². The van der Waals surface area contributed by atoms with Crippen molar-refractivity contribution in [2.24, 2.45) is 5.73 Å². The van der Waals surface area contributed by atoms with Gasteiger partial charge in [0, 0.05) is 6.42 Å². The summed E-state index contributed by atoms with van der Waals surface area (Å²) in [5.41, 5.74) is 6.82. The highest BCUT2D eigenvalue weighted by atomic mass is 32.1. The molecule has 2 amide bonds. The van der Waals surface area contributed by atoms with Gasteiger partial charge in [0.25, 0.3) is 5.91 Å². The van der Waals surface area contributed by atoms with Crippen LogP contribution in [0.25, 0.3) is 0 Å². The number of esters is 1. The van der Waals surface area contributed by atoms with Crippen LogP contribution in [0.1, 0.15) is 44.5 Å². The summed E-state index contributed by atoms with van der Waals surface area (Å²) >= 11 is 0.966. The van der Waals surface area contributed by atoms with Crippen LogP contribution in [0.2, 0.25) is 0 Å². The second-order valence-corrected chi connectivity index (χ2v) is 7.10. The van der Waals surface area contributed by atoms with Gasteiger partial charge in [-0.2, -0.15) is 0 Å². The quantitative estimate of drug-likeness (QED) is 0.603. The van der Waals surface area contributed by atoms with Crippen molar-refractivity contribution in [3.63, 3.8) is 0 Å². The van der Waals surface area contributed by atoms with Crippen LogP contribution in [0.15, 0.2) is 18.2 Å². The number of rotatable bonds is 9. The van der Waals surface area contributed by atoms with Gasteiger partial charge in [-0.15, -0.1) is 11.3 Å². The number of ether oxygens (including phenoxy) is 3. The molecule has 0 saturated carbocycles. The van der Waals surface area contributed by atoms with Gasteiger partial charge in [0.2, 0.25) is 5.91 Å². The van der Waals surface area contributed by atoms with Gasteiger partial charge in [0.15, 0.2) is 11.5 Å². The van der Waals surface area contributed by atoms with Crippen molar-refractivity contribution < 1.29 is 28.6 Å². The maximum absolute atomic E-state index is 12.5. The molecule has 0 aliphatic heterocycles. The highest BCUT2D eigenvalue weighted by Gasteiger charge is 2.25. The van der Waals surface area contributed by atoms with Gasteiger partial charge >= 0.3 is 5.97 Å². The zero-order valence-electron chi connectivity index (χ0n) is 16.8. The van der Waals surface area contributed by atoms with Gasteiger partial charge in [-0.1, -0.05) is 6.07 Å². The van der Waals surface area contributed by atoms with E-state index in [0.717, 1.165) is 16.9 Å². The molecule has 0 spiro atoms. The summed E-state index contributed by atoms with van der Waals surface area (Å²) in [6.07, 6.45) is 0.620. The Morgan fingerprint density at radius 1 is 1.14 bits per heavy atom.